The van der Waals surface area contributed by atoms with Crippen LogP contribution in [0.4, 0.5) is 4.39 Å². The molecule has 5 rings (SSSR count). The third-order valence-electron chi connectivity index (χ3n) is 5.21. The Kier molecular flexibility index (Phi) is 3.93. The molecule has 1 aromatic carbocycles. The second-order valence-electron chi connectivity index (χ2n) is 6.91. The molecular formula is C21H18FN5O. The molecule has 6 nitrogen and oxygen atoms in total. The minimum atomic E-state index is -0.316. The molecule has 1 aliphatic rings. The van der Waals surface area contributed by atoms with Crippen LogP contribution in [0, 0.1) is 5.82 Å². The first-order valence-electron chi connectivity index (χ1n) is 9.27. The third kappa shape index (κ3) is 2.67. The zero-order chi connectivity index (χ0) is 19.1. The Hall–Kier alpha value is -3.48. The number of nitrogens with one attached hydrogen (secondary N) is 1. The summed E-state index contributed by atoms with van der Waals surface area (Å²) >= 11 is 0. The van der Waals surface area contributed by atoms with Crippen LogP contribution in [-0.2, 0) is 6.42 Å². The van der Waals surface area contributed by atoms with Crippen molar-refractivity contribution in [3.63, 3.8) is 0 Å². The Morgan fingerprint density at radius 1 is 1.14 bits per heavy atom. The van der Waals surface area contributed by atoms with Gasteiger partial charge in [-0.15, -0.1) is 0 Å². The van der Waals surface area contributed by atoms with Crippen molar-refractivity contribution in [2.45, 2.75) is 25.3 Å². The summed E-state index contributed by atoms with van der Waals surface area (Å²) in [6, 6.07) is 12.1. The van der Waals surface area contributed by atoms with Gasteiger partial charge in [0.2, 0.25) is 5.82 Å². The highest BCUT2D eigenvalue weighted by molar-refractivity contribution is 5.92. The standard InChI is InChI=1S/C21H18FN5O/c22-16-7-1-2-9-19(16)27-18-10-5-8-17(15(18)13-24-27)25-21(28)20-23-12-14-6-3-4-11-26(14)20/h1-4,6-7,9,11-13,17H,5,8,10H2,(H,25,28). The molecule has 1 unspecified atom stereocenters. The number of pyridine rings is 1. The van der Waals surface area contributed by atoms with E-state index in [0.29, 0.717) is 11.5 Å². The van der Waals surface area contributed by atoms with Gasteiger partial charge >= 0.3 is 0 Å². The van der Waals surface area contributed by atoms with Crippen molar-refractivity contribution in [3.8, 4) is 5.69 Å². The van der Waals surface area contributed by atoms with Crippen molar-refractivity contribution in [2.24, 2.45) is 0 Å². The Balaban J connectivity index is 1.46. The highest BCUT2D eigenvalue weighted by atomic mass is 19.1. The molecule has 28 heavy (non-hydrogen) atoms. The number of aromatic nitrogens is 4. The molecule has 3 heterocycles. The number of carbonyl (C=O) groups excluding carboxylic acids is 1. The van der Waals surface area contributed by atoms with Gasteiger partial charge in [-0.25, -0.2) is 14.1 Å². The Bertz CT molecular complexity index is 1180. The second kappa shape index (κ2) is 6.60. The maximum atomic E-state index is 14.2. The third-order valence-corrected chi connectivity index (χ3v) is 5.21. The molecule has 0 bridgehead atoms. The van der Waals surface area contributed by atoms with Crippen molar-refractivity contribution in [2.75, 3.05) is 0 Å². The van der Waals surface area contributed by atoms with Gasteiger partial charge in [0.1, 0.15) is 11.5 Å². The Morgan fingerprint density at radius 3 is 2.89 bits per heavy atom. The number of carbonyl (C=O) groups is 1. The van der Waals surface area contributed by atoms with E-state index in [1.165, 1.54) is 6.07 Å². The fourth-order valence-electron chi connectivity index (χ4n) is 3.87. The average Bonchev–Trinajstić information content (AvgIpc) is 3.33. The Morgan fingerprint density at radius 2 is 2.00 bits per heavy atom. The molecule has 1 atom stereocenters. The second-order valence-corrected chi connectivity index (χ2v) is 6.91. The molecule has 140 valence electrons. The van der Waals surface area contributed by atoms with E-state index in [-0.39, 0.29) is 17.8 Å². The summed E-state index contributed by atoms with van der Waals surface area (Å²) < 4.78 is 17.6. The molecule has 0 spiro atoms. The van der Waals surface area contributed by atoms with Crippen LogP contribution in [0.3, 0.4) is 0 Å². The minimum absolute atomic E-state index is 0.173. The number of amides is 1. The summed E-state index contributed by atoms with van der Waals surface area (Å²) in [6.07, 6.45) is 7.72. The van der Waals surface area contributed by atoms with E-state index >= 15 is 0 Å². The van der Waals surface area contributed by atoms with E-state index < -0.39 is 0 Å². The highest BCUT2D eigenvalue weighted by Crippen LogP contribution is 2.31. The van der Waals surface area contributed by atoms with Crippen LogP contribution in [-0.4, -0.2) is 25.1 Å². The fraction of sp³-hybridized carbons (Fsp3) is 0.190. The van der Waals surface area contributed by atoms with E-state index in [1.54, 1.807) is 39.7 Å². The number of hydrogen-bond donors (Lipinski definition) is 1. The number of hydrogen-bond acceptors (Lipinski definition) is 3. The lowest BCUT2D eigenvalue weighted by atomic mass is 9.93. The van der Waals surface area contributed by atoms with Crippen molar-refractivity contribution in [1.82, 2.24) is 24.5 Å². The quantitative estimate of drug-likeness (QED) is 0.596. The number of fused-ring (bicyclic) bond motifs is 2. The van der Waals surface area contributed by atoms with Crippen LogP contribution >= 0.6 is 0 Å². The number of halogens is 1. The van der Waals surface area contributed by atoms with Gasteiger partial charge in [-0.3, -0.25) is 9.20 Å². The number of nitrogens with zero attached hydrogens (tertiary/aromatic N) is 4. The topological polar surface area (TPSA) is 64.2 Å². The molecular weight excluding hydrogens is 357 g/mol. The Labute approximate surface area is 160 Å². The zero-order valence-corrected chi connectivity index (χ0v) is 15.0. The molecule has 0 saturated carbocycles. The summed E-state index contributed by atoms with van der Waals surface area (Å²) in [4.78, 5) is 17.1. The SMILES string of the molecule is O=C(NC1CCCc2c1cnn2-c1ccccc1F)c1ncc2ccccn12. The van der Waals surface area contributed by atoms with Crippen LogP contribution < -0.4 is 5.32 Å². The summed E-state index contributed by atoms with van der Waals surface area (Å²) in [7, 11) is 0. The van der Waals surface area contributed by atoms with E-state index in [4.69, 9.17) is 0 Å². The molecule has 7 heteroatoms. The van der Waals surface area contributed by atoms with Gasteiger partial charge in [0, 0.05) is 17.5 Å². The molecule has 0 fully saturated rings. The maximum Gasteiger partial charge on any atom is 0.288 e. The van der Waals surface area contributed by atoms with Crippen LogP contribution in [0.25, 0.3) is 11.2 Å². The van der Waals surface area contributed by atoms with E-state index in [0.717, 1.165) is 36.0 Å². The molecule has 1 N–H and O–H groups in total. The predicted octanol–water partition coefficient (Wildman–Crippen LogP) is 3.47. The van der Waals surface area contributed by atoms with Gasteiger partial charge < -0.3 is 5.32 Å². The zero-order valence-electron chi connectivity index (χ0n) is 15.0. The normalized spacial score (nSPS) is 16.1. The summed E-state index contributed by atoms with van der Waals surface area (Å²) in [5, 5.41) is 7.48. The molecule has 1 aliphatic carbocycles. The van der Waals surface area contributed by atoms with Gasteiger partial charge in [-0.2, -0.15) is 5.10 Å². The average molecular weight is 375 g/mol. The first kappa shape index (κ1) is 16.7. The highest BCUT2D eigenvalue weighted by Gasteiger charge is 2.28. The minimum Gasteiger partial charge on any atom is -0.342 e. The van der Waals surface area contributed by atoms with Gasteiger partial charge in [-0.1, -0.05) is 18.2 Å². The lowest BCUT2D eigenvalue weighted by molar-refractivity contribution is 0.0921. The summed E-state index contributed by atoms with van der Waals surface area (Å²) in [5.41, 5.74) is 3.16. The molecule has 1 amide bonds. The number of rotatable bonds is 3. The van der Waals surface area contributed by atoms with Gasteiger partial charge in [0.15, 0.2) is 0 Å². The lowest BCUT2D eigenvalue weighted by Gasteiger charge is -2.24. The van der Waals surface area contributed by atoms with E-state index in [1.807, 2.05) is 24.4 Å². The number of imidazole rings is 1. The van der Waals surface area contributed by atoms with Crippen LogP contribution in [0.1, 0.15) is 40.8 Å². The van der Waals surface area contributed by atoms with Crippen LogP contribution in [0.2, 0.25) is 0 Å². The maximum absolute atomic E-state index is 14.2. The summed E-state index contributed by atoms with van der Waals surface area (Å²) in [6.45, 7) is 0. The first-order chi connectivity index (χ1) is 13.7. The fourth-order valence-corrected chi connectivity index (χ4v) is 3.87. The summed E-state index contributed by atoms with van der Waals surface area (Å²) in [5.74, 6) is -0.199. The molecule has 3 aromatic heterocycles. The van der Waals surface area contributed by atoms with Crippen molar-refractivity contribution in [3.05, 3.63) is 84.0 Å². The molecule has 0 radical (unpaired) electrons. The smallest absolute Gasteiger partial charge is 0.288 e. The van der Waals surface area contributed by atoms with Crippen LogP contribution in [0.15, 0.2) is 61.1 Å². The monoisotopic (exact) mass is 375 g/mol. The molecule has 0 saturated heterocycles. The van der Waals surface area contributed by atoms with Gasteiger partial charge in [-0.05, 0) is 43.5 Å². The van der Waals surface area contributed by atoms with Crippen molar-refractivity contribution < 1.29 is 9.18 Å². The van der Waals surface area contributed by atoms with Crippen LogP contribution in [0.5, 0.6) is 0 Å². The van der Waals surface area contributed by atoms with Gasteiger partial charge in [0.05, 0.1) is 24.0 Å². The first-order valence-corrected chi connectivity index (χ1v) is 9.27. The lowest BCUT2D eigenvalue weighted by Crippen LogP contribution is -2.32. The van der Waals surface area contributed by atoms with E-state index in [2.05, 4.69) is 15.4 Å². The number of benzene rings is 1. The van der Waals surface area contributed by atoms with Gasteiger partial charge in [0.25, 0.3) is 5.91 Å². The van der Waals surface area contributed by atoms with Crippen molar-refractivity contribution >= 4 is 11.4 Å². The predicted molar refractivity (Wildman–Crippen MR) is 102 cm³/mol. The number of para-hydroxylation sites is 1. The largest absolute Gasteiger partial charge is 0.342 e. The molecule has 4 aromatic rings. The van der Waals surface area contributed by atoms with E-state index in [9.17, 15) is 9.18 Å². The molecule has 0 aliphatic heterocycles. The van der Waals surface area contributed by atoms with Crippen molar-refractivity contribution in [1.29, 1.82) is 0 Å².